The first-order valence-corrected chi connectivity index (χ1v) is 29.1. The standard InChI is InChI=1S/C59H98N8O14/c1-17-46-59(13,74)50(69)39(6)65(15)31-35(2)27-57(11,73)52(37(4)49(38(5)53(71)78-46)79-47-28-58(12,75-16)51(70)40(7)77-47)80-54-48(68)45(26-36(3)76-54)64(14)24-23-44-34-67(63-62-44)25-22-41-18-20-42(21-19-41)32-66(33-43-29-60-61-30-43)55(72)81-56(8,9)10/h18-21,29,34-40,45-52,54,68-70,73-74H,17,22-28,30-33H2,1-16H3/t35-,36-,37+,38-,39-,40+,45+,46-,47+,48-,49+,50-,51+,52-,54+,57-,58-,59-/m1/s1. The summed E-state index contributed by atoms with van der Waals surface area (Å²) in [6, 6.07) is 7.14. The lowest BCUT2D eigenvalue weighted by Crippen LogP contribution is -2.61. The van der Waals surface area contributed by atoms with E-state index >= 15 is 0 Å². The van der Waals surface area contributed by atoms with Gasteiger partial charge in [-0.25, -0.2) is 4.79 Å². The van der Waals surface area contributed by atoms with Gasteiger partial charge in [-0.2, -0.15) is 10.2 Å². The molecule has 81 heavy (non-hydrogen) atoms. The van der Waals surface area contributed by atoms with Crippen LogP contribution in [0.5, 0.6) is 0 Å². The van der Waals surface area contributed by atoms with Crippen LogP contribution in [0.15, 0.2) is 52.5 Å². The number of ether oxygens (including phenoxy) is 7. The number of rotatable bonds is 17. The fraction of sp³-hybridized carbons (Fsp3) is 0.797. The van der Waals surface area contributed by atoms with Crippen molar-refractivity contribution in [2.75, 3.05) is 47.4 Å². The summed E-state index contributed by atoms with van der Waals surface area (Å²) in [6.07, 6.45) is -4.70. The molecule has 5 N–H and O–H groups in total. The van der Waals surface area contributed by atoms with E-state index in [2.05, 4.69) is 37.6 Å². The Morgan fingerprint density at radius 1 is 0.926 bits per heavy atom. The molecule has 4 aliphatic rings. The minimum absolute atomic E-state index is 0.0949. The van der Waals surface area contributed by atoms with Gasteiger partial charge in [-0.15, -0.1) is 5.10 Å². The highest BCUT2D eigenvalue weighted by Crippen LogP contribution is 2.40. The van der Waals surface area contributed by atoms with Crippen LogP contribution in [-0.4, -0.2) is 211 Å². The van der Waals surface area contributed by atoms with Gasteiger partial charge in [0.25, 0.3) is 0 Å². The first-order chi connectivity index (χ1) is 37.9. The highest BCUT2D eigenvalue weighted by atomic mass is 16.7. The molecule has 0 aliphatic carbocycles. The van der Waals surface area contributed by atoms with Crippen molar-refractivity contribution >= 4 is 12.1 Å². The number of methoxy groups -OCH3 is 1. The Kier molecular flexibility index (Phi) is 22.7. The molecule has 18 atom stereocenters. The van der Waals surface area contributed by atoms with Crippen molar-refractivity contribution in [2.45, 2.75) is 238 Å². The summed E-state index contributed by atoms with van der Waals surface area (Å²) >= 11 is 0. The average molecular weight is 1140 g/mol. The van der Waals surface area contributed by atoms with E-state index < -0.39 is 114 Å². The van der Waals surface area contributed by atoms with Gasteiger partial charge in [-0.3, -0.25) is 14.4 Å². The van der Waals surface area contributed by atoms with E-state index in [0.29, 0.717) is 58.5 Å². The maximum absolute atomic E-state index is 14.5. The van der Waals surface area contributed by atoms with E-state index in [4.69, 9.17) is 33.2 Å². The van der Waals surface area contributed by atoms with Crippen LogP contribution in [0.3, 0.4) is 0 Å². The molecule has 6 rings (SSSR count). The van der Waals surface area contributed by atoms with Crippen molar-refractivity contribution < 1.29 is 68.3 Å². The van der Waals surface area contributed by atoms with Crippen molar-refractivity contribution in [2.24, 2.45) is 28.0 Å². The largest absolute Gasteiger partial charge is 0.459 e. The molecular weight excluding hydrogens is 1040 g/mol. The van der Waals surface area contributed by atoms with Crippen LogP contribution in [0.25, 0.3) is 0 Å². The molecule has 0 radical (unpaired) electrons. The van der Waals surface area contributed by atoms with E-state index in [9.17, 15) is 35.1 Å². The van der Waals surface area contributed by atoms with Crippen LogP contribution in [0, 0.1) is 17.8 Å². The molecule has 0 unspecified atom stereocenters. The molecule has 3 saturated heterocycles. The van der Waals surface area contributed by atoms with Crippen LogP contribution in [-0.2, 0) is 63.9 Å². The number of amides is 1. The molecule has 0 spiro atoms. The molecule has 3 fully saturated rings. The summed E-state index contributed by atoms with van der Waals surface area (Å²) in [4.78, 5) is 33.3. The Balaban J connectivity index is 1.17. The molecule has 458 valence electrons. The zero-order valence-corrected chi connectivity index (χ0v) is 51.1. The number of hydrogen-bond acceptors (Lipinski definition) is 20. The number of likely N-dealkylation sites (N-methyl/N-ethyl adjacent to an activating group) is 2. The van der Waals surface area contributed by atoms with Crippen LogP contribution >= 0.6 is 0 Å². The quantitative estimate of drug-likeness (QED) is 0.124. The number of aliphatic hydroxyl groups excluding tert-OH is 3. The predicted molar refractivity (Wildman–Crippen MR) is 301 cm³/mol. The van der Waals surface area contributed by atoms with Crippen LogP contribution in [0.4, 0.5) is 4.79 Å². The highest BCUT2D eigenvalue weighted by molar-refractivity contribution is 5.73. The maximum Gasteiger partial charge on any atom is 0.410 e. The number of aryl methyl sites for hydroxylation is 2. The summed E-state index contributed by atoms with van der Waals surface area (Å²) < 4.78 is 46.0. The van der Waals surface area contributed by atoms with Gasteiger partial charge < -0.3 is 68.5 Å². The van der Waals surface area contributed by atoms with Gasteiger partial charge in [0.2, 0.25) is 0 Å². The normalized spacial score (nSPS) is 36.9. The van der Waals surface area contributed by atoms with E-state index in [-0.39, 0.29) is 31.3 Å². The van der Waals surface area contributed by atoms with Crippen LogP contribution < -0.4 is 0 Å². The number of nitrogens with zero attached hydrogens (tertiary/aromatic N) is 8. The van der Waals surface area contributed by atoms with Gasteiger partial charge >= 0.3 is 12.1 Å². The topological polar surface area (TPSA) is 265 Å². The van der Waals surface area contributed by atoms with Gasteiger partial charge in [-0.05, 0) is 132 Å². The molecule has 0 saturated carbocycles. The lowest BCUT2D eigenvalue weighted by atomic mass is 9.77. The predicted octanol–water partition coefficient (Wildman–Crippen LogP) is 5.43. The van der Waals surface area contributed by atoms with Gasteiger partial charge in [0.1, 0.15) is 35.6 Å². The number of esters is 1. The smallest absolute Gasteiger partial charge is 0.410 e. The number of aliphatic hydroxyl groups is 5. The minimum atomic E-state index is -1.85. The van der Waals surface area contributed by atoms with E-state index in [0.717, 1.165) is 22.4 Å². The van der Waals surface area contributed by atoms with Crippen LogP contribution in [0.1, 0.15) is 133 Å². The van der Waals surface area contributed by atoms with Gasteiger partial charge in [0.05, 0.1) is 60.0 Å². The Labute approximate surface area is 480 Å². The minimum Gasteiger partial charge on any atom is -0.459 e. The molecule has 2 aromatic rings. The first kappa shape index (κ1) is 66.1. The second-order valence-electron chi connectivity index (χ2n) is 25.5. The van der Waals surface area contributed by atoms with E-state index in [1.54, 1.807) is 52.6 Å². The SMILES string of the molecule is CC[C@H]1OC(=O)[C@H](C)[C@@H](O[C@H]2C[C@@](C)(OC)[C@@H](O)[C@H](C)O2)[C@H](C)[C@@H](O[C@@H]2O[C@H](C)C[C@H](N(C)CCc3cn(CCc4ccc(CN(CC5=CN=NC5)C(=O)OC(C)(C)C)cc4)nn3)[C@H]2O)[C@](C)(O)C[C@@H](C)CN(C)[C@H](C)[C@@H](O)[C@]1(C)O. The van der Waals surface area contributed by atoms with Crippen LogP contribution in [0.2, 0.25) is 0 Å². The molecule has 1 aromatic carbocycles. The third-order valence-corrected chi connectivity index (χ3v) is 17.1. The number of azo groups is 1. The Morgan fingerprint density at radius 2 is 1.60 bits per heavy atom. The number of carbonyl (C=O) groups excluding carboxylic acids is 2. The zero-order valence-electron chi connectivity index (χ0n) is 51.1. The molecule has 1 aromatic heterocycles. The second-order valence-corrected chi connectivity index (χ2v) is 25.5. The molecular formula is C59H98N8O14. The lowest BCUT2D eigenvalue weighted by molar-refractivity contribution is -0.318. The molecule has 22 heteroatoms. The lowest BCUT2D eigenvalue weighted by Gasteiger charge is -2.49. The van der Waals surface area contributed by atoms with E-state index in [1.807, 2.05) is 83.5 Å². The summed E-state index contributed by atoms with van der Waals surface area (Å²) in [7, 11) is 5.28. The van der Waals surface area contributed by atoms with Gasteiger partial charge in [-0.1, -0.05) is 50.3 Å². The van der Waals surface area contributed by atoms with Crippen molar-refractivity contribution in [1.82, 2.24) is 29.7 Å². The third-order valence-electron chi connectivity index (χ3n) is 17.1. The number of carbonyl (C=O) groups is 2. The monoisotopic (exact) mass is 1140 g/mol. The summed E-state index contributed by atoms with van der Waals surface area (Å²) in [5.41, 5.74) is -1.40. The Hall–Kier alpha value is -4.04. The van der Waals surface area contributed by atoms with Crippen molar-refractivity contribution in [3.63, 3.8) is 0 Å². The number of hydrogen-bond donors (Lipinski definition) is 5. The summed E-state index contributed by atoms with van der Waals surface area (Å²) in [6.45, 7) is 25.9. The Bertz CT molecular complexity index is 2400. The first-order valence-electron chi connectivity index (χ1n) is 29.1. The average Bonchev–Trinajstić information content (AvgIpc) is 4.18. The van der Waals surface area contributed by atoms with Crippen molar-refractivity contribution in [1.29, 1.82) is 0 Å². The maximum atomic E-state index is 14.5. The summed E-state index contributed by atoms with van der Waals surface area (Å²) in [5, 5.41) is 76.8. The number of cyclic esters (lactones) is 1. The van der Waals surface area contributed by atoms with E-state index in [1.165, 1.54) is 14.0 Å². The second kappa shape index (κ2) is 27.8. The summed E-state index contributed by atoms with van der Waals surface area (Å²) in [5.74, 6) is -2.81. The highest BCUT2D eigenvalue weighted by Gasteiger charge is 2.53. The third kappa shape index (κ3) is 17.1. The van der Waals surface area contributed by atoms with Crippen molar-refractivity contribution in [3.05, 3.63) is 59.1 Å². The fourth-order valence-electron chi connectivity index (χ4n) is 12.1. The molecule has 1 amide bonds. The molecule has 4 aliphatic heterocycles. The Morgan fingerprint density at radius 3 is 2.23 bits per heavy atom. The van der Waals surface area contributed by atoms with Gasteiger partial charge in [0.15, 0.2) is 12.6 Å². The zero-order chi connectivity index (χ0) is 59.9. The molecule has 22 nitrogen and oxygen atoms in total. The molecule has 5 heterocycles. The number of benzene rings is 1. The van der Waals surface area contributed by atoms with Crippen molar-refractivity contribution in [3.8, 4) is 0 Å². The number of aromatic nitrogens is 3. The van der Waals surface area contributed by atoms with Gasteiger partial charge in [0, 0.05) is 76.9 Å². The molecule has 0 bridgehead atoms. The fourth-order valence-corrected chi connectivity index (χ4v) is 12.1.